The highest BCUT2D eigenvalue weighted by Gasteiger charge is 2.36. The van der Waals surface area contributed by atoms with Crippen molar-refractivity contribution in [2.45, 2.75) is 13.0 Å². The summed E-state index contributed by atoms with van der Waals surface area (Å²) in [6.45, 7) is 0.115. The first-order valence-electron chi connectivity index (χ1n) is 10.2. The Hall–Kier alpha value is -3.42. The van der Waals surface area contributed by atoms with Gasteiger partial charge in [-0.2, -0.15) is 0 Å². The largest absolute Gasteiger partial charge is 0.507 e. The molecule has 0 atom stereocenters. The Kier molecular flexibility index (Phi) is 5.74. The third kappa shape index (κ3) is 4.42. The summed E-state index contributed by atoms with van der Waals surface area (Å²) >= 11 is 7.15. The first-order valence-corrected chi connectivity index (χ1v) is 11.4. The van der Waals surface area contributed by atoms with E-state index in [0.717, 1.165) is 27.8 Å². The van der Waals surface area contributed by atoms with Gasteiger partial charge in [-0.3, -0.25) is 14.5 Å². The first-order chi connectivity index (χ1) is 16.0. The fourth-order valence-corrected chi connectivity index (χ4v) is 4.73. The van der Waals surface area contributed by atoms with Gasteiger partial charge in [0.2, 0.25) is 6.79 Å². The Labute approximate surface area is 199 Å². The summed E-state index contributed by atoms with van der Waals surface area (Å²) in [5.41, 5.74) is 3.18. The molecule has 166 valence electrons. The number of carbonyl (C=O) groups excluding carboxylic acids is 2. The second-order valence-corrected chi connectivity index (χ2v) is 9.02. The van der Waals surface area contributed by atoms with Gasteiger partial charge >= 0.3 is 0 Å². The molecule has 6 nitrogen and oxygen atoms in total. The molecule has 0 radical (unpaired) electrons. The second-order valence-electron chi connectivity index (χ2n) is 7.62. The first kappa shape index (κ1) is 21.4. The van der Waals surface area contributed by atoms with Crippen LogP contribution in [0.3, 0.4) is 0 Å². The quantitative estimate of drug-likeness (QED) is 0.480. The topological polar surface area (TPSA) is 76.1 Å². The highest BCUT2D eigenvalue weighted by atomic mass is 35.5. The maximum Gasteiger partial charge on any atom is 0.293 e. The van der Waals surface area contributed by atoms with Gasteiger partial charge in [0.1, 0.15) is 5.75 Å². The smallest absolute Gasteiger partial charge is 0.293 e. The van der Waals surface area contributed by atoms with Gasteiger partial charge in [-0.05, 0) is 59.1 Å². The number of benzene rings is 3. The minimum atomic E-state index is -0.438. The lowest BCUT2D eigenvalue weighted by Gasteiger charge is -2.14. The molecule has 2 aliphatic heterocycles. The van der Waals surface area contributed by atoms with Gasteiger partial charge in [0, 0.05) is 16.7 Å². The Morgan fingerprint density at radius 2 is 1.76 bits per heavy atom. The van der Waals surface area contributed by atoms with E-state index < -0.39 is 11.1 Å². The molecule has 0 aromatic heterocycles. The minimum Gasteiger partial charge on any atom is -0.507 e. The fraction of sp³-hybridized carbons (Fsp3) is 0.120. The van der Waals surface area contributed by atoms with Crippen LogP contribution in [0, 0.1) is 0 Å². The number of fused-ring (bicyclic) bond motifs is 1. The zero-order valence-corrected chi connectivity index (χ0v) is 18.9. The van der Waals surface area contributed by atoms with Crippen LogP contribution in [0.1, 0.15) is 22.3 Å². The number of carbonyl (C=O) groups is 2. The van der Waals surface area contributed by atoms with Crippen LogP contribution in [0.2, 0.25) is 5.02 Å². The number of phenols is 1. The van der Waals surface area contributed by atoms with Crippen molar-refractivity contribution in [2.24, 2.45) is 0 Å². The maximum absolute atomic E-state index is 13.0. The van der Waals surface area contributed by atoms with E-state index in [-0.39, 0.29) is 24.0 Å². The SMILES string of the molecule is O=C1S/C(=C\c2cc(Cc3ccccc3)ccc2O)C(=O)N1Cc1cc2c(cc1Cl)OCO2. The van der Waals surface area contributed by atoms with E-state index in [2.05, 4.69) is 0 Å². The van der Waals surface area contributed by atoms with E-state index in [1.165, 1.54) is 0 Å². The average Bonchev–Trinajstić information content (AvgIpc) is 3.36. The standard InChI is InChI=1S/C25H18ClNO5S/c26-19-12-22-21(31-14-32-22)10-18(19)13-27-24(29)23(33-25(27)30)11-17-9-16(6-7-20(17)28)8-15-4-2-1-3-5-15/h1-7,9-12,28H,8,13-14H2/b23-11-. The molecule has 3 aromatic rings. The molecule has 0 spiro atoms. The summed E-state index contributed by atoms with van der Waals surface area (Å²) in [6, 6.07) is 18.5. The van der Waals surface area contributed by atoms with Gasteiger partial charge in [0.25, 0.3) is 11.1 Å². The Bertz CT molecular complexity index is 1290. The molecular formula is C25H18ClNO5S. The van der Waals surface area contributed by atoms with Crippen molar-refractivity contribution in [1.29, 1.82) is 0 Å². The normalized spacial score (nSPS) is 16.2. The average molecular weight is 480 g/mol. The molecule has 2 heterocycles. The summed E-state index contributed by atoms with van der Waals surface area (Å²) < 4.78 is 10.7. The van der Waals surface area contributed by atoms with Crippen molar-refractivity contribution < 1.29 is 24.2 Å². The predicted octanol–water partition coefficient (Wildman–Crippen LogP) is 5.60. The van der Waals surface area contributed by atoms with E-state index in [4.69, 9.17) is 21.1 Å². The third-order valence-electron chi connectivity index (χ3n) is 5.37. The molecule has 0 saturated carbocycles. The number of imide groups is 1. The van der Waals surface area contributed by atoms with Crippen LogP contribution < -0.4 is 9.47 Å². The van der Waals surface area contributed by atoms with Crippen LogP contribution in [0.5, 0.6) is 17.2 Å². The maximum atomic E-state index is 13.0. The van der Waals surface area contributed by atoms with Crippen molar-refractivity contribution in [3.8, 4) is 17.2 Å². The molecule has 0 aliphatic carbocycles. The van der Waals surface area contributed by atoms with Crippen LogP contribution >= 0.6 is 23.4 Å². The minimum absolute atomic E-state index is 0.0114. The van der Waals surface area contributed by atoms with Gasteiger partial charge in [-0.25, -0.2) is 0 Å². The number of phenolic OH excluding ortho intramolecular Hbond substituents is 1. The molecule has 8 heteroatoms. The zero-order chi connectivity index (χ0) is 22.9. The van der Waals surface area contributed by atoms with Gasteiger partial charge in [-0.15, -0.1) is 0 Å². The van der Waals surface area contributed by atoms with Crippen LogP contribution in [-0.2, 0) is 17.8 Å². The van der Waals surface area contributed by atoms with Crippen molar-refractivity contribution in [3.63, 3.8) is 0 Å². The molecule has 33 heavy (non-hydrogen) atoms. The second kappa shape index (κ2) is 8.84. The summed E-state index contributed by atoms with van der Waals surface area (Å²) in [7, 11) is 0. The van der Waals surface area contributed by atoms with Crippen molar-refractivity contribution in [1.82, 2.24) is 4.90 Å². The van der Waals surface area contributed by atoms with E-state index >= 15 is 0 Å². The molecule has 0 unspecified atom stereocenters. The molecule has 0 bridgehead atoms. The Morgan fingerprint density at radius 3 is 2.55 bits per heavy atom. The zero-order valence-electron chi connectivity index (χ0n) is 17.3. The number of aromatic hydroxyl groups is 1. The third-order valence-corrected chi connectivity index (χ3v) is 6.63. The predicted molar refractivity (Wildman–Crippen MR) is 126 cm³/mol. The van der Waals surface area contributed by atoms with E-state index in [1.54, 1.807) is 24.3 Å². The molecule has 1 saturated heterocycles. The number of ether oxygens (including phenoxy) is 2. The number of hydrogen-bond acceptors (Lipinski definition) is 6. The van der Waals surface area contributed by atoms with Crippen molar-refractivity contribution >= 4 is 40.6 Å². The number of rotatable bonds is 5. The lowest BCUT2D eigenvalue weighted by molar-refractivity contribution is -0.123. The Balaban J connectivity index is 1.38. The lowest BCUT2D eigenvalue weighted by Crippen LogP contribution is -2.27. The van der Waals surface area contributed by atoms with Gasteiger partial charge in [0.15, 0.2) is 11.5 Å². The van der Waals surface area contributed by atoms with E-state index in [9.17, 15) is 14.7 Å². The molecular weight excluding hydrogens is 462 g/mol. The van der Waals surface area contributed by atoms with Gasteiger partial charge < -0.3 is 14.6 Å². The number of halogens is 1. The molecule has 5 rings (SSSR count). The van der Waals surface area contributed by atoms with Crippen LogP contribution in [0.15, 0.2) is 65.6 Å². The van der Waals surface area contributed by atoms with Crippen LogP contribution in [0.4, 0.5) is 4.79 Å². The van der Waals surface area contributed by atoms with E-state index in [0.29, 0.717) is 34.1 Å². The fourth-order valence-electron chi connectivity index (χ4n) is 3.69. The summed E-state index contributed by atoms with van der Waals surface area (Å²) in [6.07, 6.45) is 2.24. The van der Waals surface area contributed by atoms with Crippen LogP contribution in [0.25, 0.3) is 6.08 Å². The highest BCUT2D eigenvalue weighted by molar-refractivity contribution is 8.18. The summed E-state index contributed by atoms with van der Waals surface area (Å²) in [5, 5.41) is 10.3. The number of amides is 2. The molecule has 3 aromatic carbocycles. The highest BCUT2D eigenvalue weighted by Crippen LogP contribution is 2.39. The van der Waals surface area contributed by atoms with E-state index in [1.807, 2.05) is 42.5 Å². The van der Waals surface area contributed by atoms with Gasteiger partial charge in [0.05, 0.1) is 11.4 Å². The summed E-state index contributed by atoms with van der Waals surface area (Å²) in [5.74, 6) is 0.657. The van der Waals surface area contributed by atoms with Crippen LogP contribution in [-0.4, -0.2) is 27.9 Å². The monoisotopic (exact) mass is 479 g/mol. The number of hydrogen-bond donors (Lipinski definition) is 1. The van der Waals surface area contributed by atoms with Crippen molar-refractivity contribution in [3.05, 3.63) is 92.8 Å². The molecule has 2 amide bonds. The lowest BCUT2D eigenvalue weighted by atomic mass is 10.0. The van der Waals surface area contributed by atoms with Gasteiger partial charge in [-0.1, -0.05) is 48.0 Å². The Morgan fingerprint density at radius 1 is 1.00 bits per heavy atom. The summed E-state index contributed by atoms with van der Waals surface area (Å²) in [4.78, 5) is 27.0. The molecule has 1 fully saturated rings. The molecule has 1 N–H and O–H groups in total. The molecule has 2 aliphatic rings. The van der Waals surface area contributed by atoms with Crippen molar-refractivity contribution in [2.75, 3.05) is 6.79 Å². The number of nitrogens with zero attached hydrogens (tertiary/aromatic N) is 1. The number of thioether (sulfide) groups is 1.